The van der Waals surface area contributed by atoms with Crippen LogP contribution in [0.1, 0.15) is 19.8 Å². The van der Waals surface area contributed by atoms with Gasteiger partial charge in [0.05, 0.1) is 12.5 Å². The normalized spacial score (nSPS) is 17.7. The zero-order valence-corrected chi connectivity index (χ0v) is 15.4. The number of carbonyl (C=O) groups excluding carboxylic acids is 1. The van der Waals surface area contributed by atoms with Crippen molar-refractivity contribution in [3.05, 3.63) is 54.6 Å². The number of carbonyl (C=O) groups is 1. The van der Waals surface area contributed by atoms with Crippen LogP contribution in [0.2, 0.25) is 0 Å². The third-order valence-electron chi connectivity index (χ3n) is 4.76. The van der Waals surface area contributed by atoms with E-state index >= 15 is 0 Å². The molecule has 0 bridgehead atoms. The van der Waals surface area contributed by atoms with Gasteiger partial charge in [0, 0.05) is 18.7 Å². The van der Waals surface area contributed by atoms with E-state index in [1.165, 1.54) is 0 Å². The van der Waals surface area contributed by atoms with Gasteiger partial charge in [-0.1, -0.05) is 48.5 Å². The number of esters is 1. The number of piperidine rings is 1. The first-order chi connectivity index (χ1) is 12.8. The number of likely N-dealkylation sites (tertiary alicyclic amines) is 1. The molecular weight excluding hydrogens is 326 g/mol. The molecule has 1 aliphatic rings. The third kappa shape index (κ3) is 4.85. The summed E-state index contributed by atoms with van der Waals surface area (Å²) in [6, 6.07) is 18.4. The Morgan fingerprint density at radius 3 is 2.69 bits per heavy atom. The number of benzene rings is 2. The molecule has 3 rings (SSSR count). The van der Waals surface area contributed by atoms with E-state index < -0.39 is 0 Å². The summed E-state index contributed by atoms with van der Waals surface area (Å²) in [7, 11) is 0. The van der Waals surface area contributed by atoms with E-state index in [0.717, 1.165) is 49.4 Å². The summed E-state index contributed by atoms with van der Waals surface area (Å²) >= 11 is 0. The van der Waals surface area contributed by atoms with Gasteiger partial charge in [0.2, 0.25) is 0 Å². The second-order valence-electron chi connectivity index (χ2n) is 6.60. The first-order valence-corrected chi connectivity index (χ1v) is 9.44. The molecule has 138 valence electrons. The van der Waals surface area contributed by atoms with Crippen molar-refractivity contribution in [2.45, 2.75) is 19.8 Å². The number of para-hydroxylation sites is 1. The lowest BCUT2D eigenvalue weighted by atomic mass is 9.98. The third-order valence-corrected chi connectivity index (χ3v) is 4.76. The number of rotatable bonds is 7. The summed E-state index contributed by atoms with van der Waals surface area (Å²) in [4.78, 5) is 14.3. The number of nitrogens with zero attached hydrogens (tertiary/aromatic N) is 1. The molecule has 0 spiro atoms. The smallest absolute Gasteiger partial charge is 0.310 e. The second kappa shape index (κ2) is 9.39. The first kappa shape index (κ1) is 18.5. The van der Waals surface area contributed by atoms with E-state index in [1.807, 2.05) is 43.3 Å². The SMILES string of the molecule is CCOC(=O)C1CCCN(CCOc2ccccc2-c2ccccc2)C1. The van der Waals surface area contributed by atoms with Gasteiger partial charge in [-0.2, -0.15) is 0 Å². The molecule has 0 radical (unpaired) electrons. The fraction of sp³-hybridized carbons (Fsp3) is 0.409. The Labute approximate surface area is 155 Å². The van der Waals surface area contributed by atoms with Crippen molar-refractivity contribution in [2.24, 2.45) is 5.92 Å². The lowest BCUT2D eigenvalue weighted by molar-refractivity contribution is -0.150. The molecule has 2 aromatic carbocycles. The van der Waals surface area contributed by atoms with Crippen LogP contribution in [0.4, 0.5) is 0 Å². The van der Waals surface area contributed by atoms with Crippen molar-refractivity contribution in [3.8, 4) is 16.9 Å². The molecule has 4 nitrogen and oxygen atoms in total. The van der Waals surface area contributed by atoms with Gasteiger partial charge in [0.15, 0.2) is 0 Å². The number of hydrogen-bond donors (Lipinski definition) is 0. The molecular formula is C22H27NO3. The highest BCUT2D eigenvalue weighted by Gasteiger charge is 2.26. The Morgan fingerprint density at radius 1 is 1.12 bits per heavy atom. The zero-order valence-electron chi connectivity index (χ0n) is 15.4. The Morgan fingerprint density at radius 2 is 1.88 bits per heavy atom. The summed E-state index contributed by atoms with van der Waals surface area (Å²) in [6.07, 6.45) is 1.96. The molecule has 1 atom stereocenters. The van der Waals surface area contributed by atoms with E-state index in [0.29, 0.717) is 13.2 Å². The van der Waals surface area contributed by atoms with Crippen molar-refractivity contribution in [2.75, 3.05) is 32.8 Å². The van der Waals surface area contributed by atoms with Gasteiger partial charge < -0.3 is 9.47 Å². The van der Waals surface area contributed by atoms with Crippen LogP contribution in [-0.2, 0) is 9.53 Å². The summed E-state index contributed by atoms with van der Waals surface area (Å²) in [6.45, 7) is 5.52. The fourth-order valence-corrected chi connectivity index (χ4v) is 3.44. The van der Waals surface area contributed by atoms with Crippen LogP contribution in [0.25, 0.3) is 11.1 Å². The van der Waals surface area contributed by atoms with Gasteiger partial charge in [-0.25, -0.2) is 0 Å². The van der Waals surface area contributed by atoms with Crippen LogP contribution < -0.4 is 4.74 Å². The summed E-state index contributed by atoms with van der Waals surface area (Å²) in [5.74, 6) is 0.838. The summed E-state index contributed by atoms with van der Waals surface area (Å²) in [5.41, 5.74) is 2.26. The number of ether oxygens (including phenoxy) is 2. The van der Waals surface area contributed by atoms with E-state index in [1.54, 1.807) is 0 Å². The average molecular weight is 353 g/mol. The van der Waals surface area contributed by atoms with Gasteiger partial charge in [-0.3, -0.25) is 9.69 Å². The highest BCUT2D eigenvalue weighted by atomic mass is 16.5. The summed E-state index contributed by atoms with van der Waals surface area (Å²) < 4.78 is 11.3. The van der Waals surface area contributed by atoms with Gasteiger partial charge in [-0.15, -0.1) is 0 Å². The quantitative estimate of drug-likeness (QED) is 0.705. The molecule has 1 aliphatic heterocycles. The molecule has 1 saturated heterocycles. The molecule has 1 fully saturated rings. The van der Waals surface area contributed by atoms with Gasteiger partial charge in [0.25, 0.3) is 0 Å². The molecule has 0 aliphatic carbocycles. The molecule has 0 aromatic heterocycles. The highest BCUT2D eigenvalue weighted by molar-refractivity contribution is 5.72. The van der Waals surface area contributed by atoms with E-state index in [2.05, 4.69) is 23.1 Å². The predicted octanol–water partition coefficient (Wildman–Crippen LogP) is 4.01. The maximum absolute atomic E-state index is 12.0. The van der Waals surface area contributed by atoms with Gasteiger partial charge >= 0.3 is 5.97 Å². The fourth-order valence-electron chi connectivity index (χ4n) is 3.44. The van der Waals surface area contributed by atoms with Crippen LogP contribution >= 0.6 is 0 Å². The van der Waals surface area contributed by atoms with Crippen molar-refractivity contribution in [3.63, 3.8) is 0 Å². The Balaban J connectivity index is 1.55. The van der Waals surface area contributed by atoms with Crippen LogP contribution in [0.15, 0.2) is 54.6 Å². The Kier molecular flexibility index (Phi) is 6.67. The van der Waals surface area contributed by atoms with Crippen molar-refractivity contribution < 1.29 is 14.3 Å². The zero-order chi connectivity index (χ0) is 18.2. The lowest BCUT2D eigenvalue weighted by Crippen LogP contribution is -2.41. The minimum absolute atomic E-state index is 0.000282. The Hall–Kier alpha value is -2.33. The average Bonchev–Trinajstić information content (AvgIpc) is 2.69. The number of hydrogen-bond acceptors (Lipinski definition) is 4. The molecule has 0 saturated carbocycles. The maximum atomic E-state index is 12.0. The molecule has 2 aromatic rings. The van der Waals surface area contributed by atoms with Gasteiger partial charge in [0.1, 0.15) is 12.4 Å². The first-order valence-electron chi connectivity index (χ1n) is 9.44. The lowest BCUT2D eigenvalue weighted by Gasteiger charge is -2.31. The van der Waals surface area contributed by atoms with Gasteiger partial charge in [-0.05, 0) is 37.9 Å². The molecule has 4 heteroatoms. The van der Waals surface area contributed by atoms with Crippen molar-refractivity contribution in [1.82, 2.24) is 4.90 Å². The van der Waals surface area contributed by atoms with Crippen LogP contribution in [0, 0.1) is 5.92 Å². The highest BCUT2D eigenvalue weighted by Crippen LogP contribution is 2.29. The maximum Gasteiger partial charge on any atom is 0.310 e. The van der Waals surface area contributed by atoms with Crippen LogP contribution in [0.3, 0.4) is 0 Å². The Bertz CT molecular complexity index is 702. The molecule has 1 unspecified atom stereocenters. The monoisotopic (exact) mass is 353 g/mol. The van der Waals surface area contributed by atoms with Crippen molar-refractivity contribution in [1.29, 1.82) is 0 Å². The molecule has 26 heavy (non-hydrogen) atoms. The van der Waals surface area contributed by atoms with E-state index in [9.17, 15) is 4.79 Å². The minimum atomic E-state index is -0.0625. The van der Waals surface area contributed by atoms with E-state index in [-0.39, 0.29) is 11.9 Å². The largest absolute Gasteiger partial charge is 0.492 e. The minimum Gasteiger partial charge on any atom is -0.492 e. The summed E-state index contributed by atoms with van der Waals surface area (Å²) in [5, 5.41) is 0. The van der Waals surface area contributed by atoms with Crippen LogP contribution in [-0.4, -0.2) is 43.7 Å². The molecule has 0 amide bonds. The molecule has 0 N–H and O–H groups in total. The van der Waals surface area contributed by atoms with E-state index in [4.69, 9.17) is 9.47 Å². The van der Waals surface area contributed by atoms with Crippen LogP contribution in [0.5, 0.6) is 5.75 Å². The molecule has 1 heterocycles. The van der Waals surface area contributed by atoms with Crippen molar-refractivity contribution >= 4 is 5.97 Å². The topological polar surface area (TPSA) is 38.8 Å². The standard InChI is InChI=1S/C22H27NO3/c1-2-25-22(24)19-11-8-14-23(17-19)15-16-26-21-13-7-6-12-20(21)18-9-4-3-5-10-18/h3-7,9-10,12-13,19H,2,8,11,14-17H2,1H3. The second-order valence-corrected chi connectivity index (χ2v) is 6.60. The predicted molar refractivity (Wildman–Crippen MR) is 103 cm³/mol.